The normalized spacial score (nSPS) is 16.7. The van der Waals surface area contributed by atoms with Gasteiger partial charge in [0.2, 0.25) is 5.91 Å². The minimum Gasteiger partial charge on any atom is -0.491 e. The molecule has 12 heteroatoms. The minimum atomic E-state index is -0.743. The molecule has 2 aliphatic heterocycles. The van der Waals surface area contributed by atoms with Crippen LogP contribution in [0.5, 0.6) is 5.75 Å². The van der Waals surface area contributed by atoms with E-state index in [0.29, 0.717) is 43.0 Å². The SMILES string of the molecule is COc1c(F)cc(Cn2cc(CCc3nc(C)c4c(n3)N3CCNC[C@H]3C(=O)N4)cn2)cc1F.S. The average molecular weight is 504 g/mol. The highest BCUT2D eigenvalue weighted by molar-refractivity contribution is 7.59. The number of rotatable bonds is 6. The molecule has 0 unspecified atom stereocenters. The first-order valence-electron chi connectivity index (χ1n) is 11.1. The first-order chi connectivity index (χ1) is 16.4. The van der Waals surface area contributed by atoms with Crippen LogP contribution in [0.3, 0.4) is 0 Å². The van der Waals surface area contributed by atoms with E-state index >= 15 is 0 Å². The van der Waals surface area contributed by atoms with Gasteiger partial charge in [-0.1, -0.05) is 0 Å². The van der Waals surface area contributed by atoms with Crippen LogP contribution in [0.15, 0.2) is 24.5 Å². The second-order valence-corrected chi connectivity index (χ2v) is 8.47. The predicted molar refractivity (Wildman–Crippen MR) is 131 cm³/mol. The predicted octanol–water partition coefficient (Wildman–Crippen LogP) is 1.94. The zero-order valence-corrected chi connectivity index (χ0v) is 20.4. The van der Waals surface area contributed by atoms with Gasteiger partial charge in [0.25, 0.3) is 0 Å². The van der Waals surface area contributed by atoms with Crippen molar-refractivity contribution >= 4 is 30.9 Å². The number of anilines is 2. The first kappa shape index (κ1) is 24.9. The summed E-state index contributed by atoms with van der Waals surface area (Å²) in [7, 11) is 1.23. The second kappa shape index (κ2) is 10.2. The molecule has 1 amide bonds. The topological polar surface area (TPSA) is 97.2 Å². The number of nitrogens with one attached hydrogen (secondary N) is 2. The quantitative estimate of drug-likeness (QED) is 0.531. The molecular formula is C23H27F2N7O2S. The van der Waals surface area contributed by atoms with E-state index in [1.165, 1.54) is 19.2 Å². The Morgan fingerprint density at radius 1 is 1.17 bits per heavy atom. The van der Waals surface area contributed by atoms with E-state index in [-0.39, 0.29) is 32.0 Å². The van der Waals surface area contributed by atoms with Crippen LogP contribution in [0.1, 0.15) is 22.6 Å². The van der Waals surface area contributed by atoms with E-state index in [1.807, 2.05) is 18.0 Å². The summed E-state index contributed by atoms with van der Waals surface area (Å²) in [6.07, 6.45) is 4.82. The molecule has 1 aromatic carbocycles. The summed E-state index contributed by atoms with van der Waals surface area (Å²) in [6.45, 7) is 4.20. The van der Waals surface area contributed by atoms with Crippen molar-refractivity contribution < 1.29 is 18.3 Å². The van der Waals surface area contributed by atoms with Gasteiger partial charge >= 0.3 is 0 Å². The summed E-state index contributed by atoms with van der Waals surface area (Å²) in [6, 6.07) is 2.22. The lowest BCUT2D eigenvalue weighted by molar-refractivity contribution is -0.117. The van der Waals surface area contributed by atoms with Crippen LogP contribution in [0.4, 0.5) is 20.3 Å². The lowest BCUT2D eigenvalue weighted by Crippen LogP contribution is -2.59. The van der Waals surface area contributed by atoms with Crippen molar-refractivity contribution in [3.05, 3.63) is 58.8 Å². The number of hydrogen-bond donors (Lipinski definition) is 2. The lowest BCUT2D eigenvalue weighted by Gasteiger charge is -2.40. The number of aromatic nitrogens is 4. The zero-order valence-electron chi connectivity index (χ0n) is 19.4. The maximum Gasteiger partial charge on any atom is 0.248 e. The first-order valence-corrected chi connectivity index (χ1v) is 11.1. The molecule has 5 rings (SSSR count). The standard InChI is InChI=1S/C23H25F2N7O2.H2S/c1-13-20-22(32-6-5-26-10-18(32)23(33)30-20)29-19(28-13)4-3-14-9-27-31(11-14)12-15-7-16(24)21(34-2)17(25)8-15;/h7-9,11,18,26H,3-6,10,12H2,1-2H3,(H,30,33);1H2/t18-;/m0./s1. The number of carbonyl (C=O) groups is 1. The molecule has 0 saturated carbocycles. The molecule has 2 aliphatic rings. The fourth-order valence-corrected chi connectivity index (χ4v) is 4.44. The van der Waals surface area contributed by atoms with Crippen LogP contribution in [-0.2, 0) is 24.2 Å². The number of piperazine rings is 1. The highest BCUT2D eigenvalue weighted by atomic mass is 32.1. The Labute approximate surface area is 208 Å². The third-order valence-electron chi connectivity index (χ3n) is 6.11. The second-order valence-electron chi connectivity index (χ2n) is 8.47. The molecule has 4 heterocycles. The number of aryl methyl sites for hydroxylation is 3. The van der Waals surface area contributed by atoms with Gasteiger partial charge in [-0.15, -0.1) is 0 Å². The molecule has 35 heavy (non-hydrogen) atoms. The van der Waals surface area contributed by atoms with E-state index in [0.717, 1.165) is 23.6 Å². The number of carbonyl (C=O) groups excluding carboxylic acids is 1. The van der Waals surface area contributed by atoms with Gasteiger partial charge in [0.05, 0.1) is 25.5 Å². The number of ether oxygens (including phenoxy) is 1. The summed E-state index contributed by atoms with van der Waals surface area (Å²) in [5, 5.41) is 10.5. The van der Waals surface area contributed by atoms with Crippen LogP contribution >= 0.6 is 13.5 Å². The van der Waals surface area contributed by atoms with Crippen molar-refractivity contribution in [3.8, 4) is 5.75 Å². The van der Waals surface area contributed by atoms with Crippen molar-refractivity contribution in [2.24, 2.45) is 0 Å². The Kier molecular flexibility index (Phi) is 7.22. The maximum atomic E-state index is 14.0. The van der Waals surface area contributed by atoms with E-state index < -0.39 is 17.4 Å². The number of benzene rings is 1. The van der Waals surface area contributed by atoms with Crippen molar-refractivity contribution in [1.82, 2.24) is 25.1 Å². The van der Waals surface area contributed by atoms with Gasteiger partial charge in [-0.2, -0.15) is 18.6 Å². The number of nitrogens with zero attached hydrogens (tertiary/aromatic N) is 5. The molecular weight excluding hydrogens is 476 g/mol. The fraction of sp³-hybridized carbons (Fsp3) is 0.391. The molecule has 1 fully saturated rings. The number of fused-ring (bicyclic) bond motifs is 3. The molecule has 0 bridgehead atoms. The molecule has 2 N–H and O–H groups in total. The van der Waals surface area contributed by atoms with Gasteiger partial charge in [-0.3, -0.25) is 9.48 Å². The molecule has 0 aliphatic carbocycles. The Balaban J connectivity index is 0.00000289. The van der Waals surface area contributed by atoms with Crippen molar-refractivity contribution in [1.29, 1.82) is 0 Å². The van der Waals surface area contributed by atoms with Gasteiger partial charge in [0, 0.05) is 32.3 Å². The van der Waals surface area contributed by atoms with E-state index in [4.69, 9.17) is 9.72 Å². The van der Waals surface area contributed by atoms with E-state index in [2.05, 4.69) is 20.7 Å². The summed E-state index contributed by atoms with van der Waals surface area (Å²) in [4.78, 5) is 23.8. The Hall–Kier alpha value is -3.25. The molecule has 1 saturated heterocycles. The number of methoxy groups -OCH3 is 1. The van der Waals surface area contributed by atoms with Crippen LogP contribution in [-0.4, -0.2) is 58.4 Å². The van der Waals surface area contributed by atoms with Crippen LogP contribution < -0.4 is 20.3 Å². The Morgan fingerprint density at radius 3 is 2.69 bits per heavy atom. The largest absolute Gasteiger partial charge is 0.491 e. The number of halogens is 2. The van der Waals surface area contributed by atoms with E-state index in [9.17, 15) is 13.6 Å². The van der Waals surface area contributed by atoms with Crippen molar-refractivity contribution in [2.75, 3.05) is 37.0 Å². The molecule has 1 atom stereocenters. The molecule has 186 valence electrons. The zero-order chi connectivity index (χ0) is 23.8. The highest BCUT2D eigenvalue weighted by Crippen LogP contribution is 2.33. The van der Waals surface area contributed by atoms with Crippen LogP contribution in [0.25, 0.3) is 0 Å². The average Bonchev–Trinajstić information content (AvgIpc) is 3.26. The van der Waals surface area contributed by atoms with Gasteiger partial charge in [-0.25, -0.2) is 18.7 Å². The smallest absolute Gasteiger partial charge is 0.248 e. The third-order valence-corrected chi connectivity index (χ3v) is 6.11. The van der Waals surface area contributed by atoms with Crippen LogP contribution in [0, 0.1) is 18.6 Å². The number of hydrogen-bond acceptors (Lipinski definition) is 7. The third kappa shape index (κ3) is 4.94. The van der Waals surface area contributed by atoms with E-state index in [1.54, 1.807) is 10.9 Å². The Morgan fingerprint density at radius 2 is 1.94 bits per heavy atom. The summed E-state index contributed by atoms with van der Waals surface area (Å²) in [5.41, 5.74) is 2.83. The summed E-state index contributed by atoms with van der Waals surface area (Å²) >= 11 is 0. The molecule has 2 aromatic heterocycles. The van der Waals surface area contributed by atoms with Crippen molar-refractivity contribution in [3.63, 3.8) is 0 Å². The molecule has 9 nitrogen and oxygen atoms in total. The fourth-order valence-electron chi connectivity index (χ4n) is 4.44. The summed E-state index contributed by atoms with van der Waals surface area (Å²) in [5.74, 6) is -0.454. The minimum absolute atomic E-state index is 0. The van der Waals surface area contributed by atoms with Gasteiger partial charge in [-0.05, 0) is 36.6 Å². The van der Waals surface area contributed by atoms with Gasteiger partial charge in [0.15, 0.2) is 23.2 Å². The maximum absolute atomic E-state index is 14.0. The molecule has 0 spiro atoms. The van der Waals surface area contributed by atoms with Crippen molar-refractivity contribution in [2.45, 2.75) is 32.4 Å². The number of amides is 1. The Bertz CT molecular complexity index is 1230. The molecule has 3 aromatic rings. The lowest BCUT2D eigenvalue weighted by atomic mass is 10.1. The van der Waals surface area contributed by atoms with Crippen LogP contribution in [0.2, 0.25) is 0 Å². The monoisotopic (exact) mass is 503 g/mol. The summed E-state index contributed by atoms with van der Waals surface area (Å²) < 4.78 is 34.3. The van der Waals surface area contributed by atoms with Gasteiger partial charge in [0.1, 0.15) is 17.6 Å². The molecule has 0 radical (unpaired) electrons. The van der Waals surface area contributed by atoms with Gasteiger partial charge < -0.3 is 20.3 Å². The highest BCUT2D eigenvalue weighted by Gasteiger charge is 2.36.